The molecule has 3 aromatic carbocycles. The Morgan fingerprint density at radius 1 is 0.896 bits per heavy atom. The van der Waals surface area contributed by atoms with Crippen LogP contribution >= 0.6 is 7.60 Å². The number of esters is 3. The summed E-state index contributed by atoms with van der Waals surface area (Å²) in [5.41, 5.74) is 1.74. The second-order valence-electron chi connectivity index (χ2n) is 11.1. The fourth-order valence-electron chi connectivity index (χ4n) is 4.96. The molecule has 1 fully saturated rings. The van der Waals surface area contributed by atoms with E-state index in [9.17, 15) is 23.7 Å². The number of carbonyl (C=O) groups excluding carboxylic acids is 4. The van der Waals surface area contributed by atoms with Crippen LogP contribution in [0.1, 0.15) is 53.6 Å². The van der Waals surface area contributed by atoms with Crippen LogP contribution in [0, 0.1) is 0 Å². The van der Waals surface area contributed by atoms with E-state index in [1.54, 1.807) is 60.7 Å². The highest BCUT2D eigenvalue weighted by atomic mass is 31.2. The Morgan fingerprint density at radius 3 is 2.17 bits per heavy atom. The molecular weight excluding hydrogens is 639 g/mol. The largest absolute Gasteiger partial charge is 0.445 e. The minimum absolute atomic E-state index is 0.0387. The smallest absolute Gasteiger partial charge is 0.407 e. The number of carbonyl (C=O) groups is 4. The van der Waals surface area contributed by atoms with Gasteiger partial charge >= 0.3 is 31.6 Å². The zero-order valence-electron chi connectivity index (χ0n) is 26.8. The van der Waals surface area contributed by atoms with Crippen LogP contribution in [0.5, 0.6) is 0 Å². The number of unbranched alkanes of at least 4 members (excludes halogenated alkanes) is 1. The van der Waals surface area contributed by atoms with Crippen molar-refractivity contribution in [3.63, 3.8) is 0 Å². The van der Waals surface area contributed by atoms with Crippen molar-refractivity contribution >= 4 is 31.6 Å². The van der Waals surface area contributed by atoms with Crippen molar-refractivity contribution in [3.8, 4) is 0 Å². The minimum atomic E-state index is -4.40. The first-order chi connectivity index (χ1) is 23.3. The van der Waals surface area contributed by atoms with Crippen molar-refractivity contribution in [3.05, 3.63) is 108 Å². The molecule has 1 aliphatic rings. The summed E-state index contributed by atoms with van der Waals surface area (Å²) in [5.74, 6) is -4.02. The average Bonchev–Trinajstić information content (AvgIpc) is 3.67. The molecule has 4 atom stereocenters. The molecule has 13 heteroatoms. The molecule has 2 N–H and O–H groups in total. The Bertz CT molecular complexity index is 1520. The molecule has 0 spiro atoms. The number of rotatable bonds is 17. The van der Waals surface area contributed by atoms with E-state index in [4.69, 9.17) is 23.3 Å². The van der Waals surface area contributed by atoms with E-state index in [0.29, 0.717) is 31.4 Å². The number of hydrogen-bond donors (Lipinski definition) is 2. The second-order valence-corrected chi connectivity index (χ2v) is 13.3. The van der Waals surface area contributed by atoms with Crippen molar-refractivity contribution in [2.75, 3.05) is 20.2 Å². The summed E-state index contributed by atoms with van der Waals surface area (Å²) in [4.78, 5) is 51.3. The molecule has 1 heterocycles. The molecule has 256 valence electrons. The average molecular weight is 681 g/mol. The molecule has 0 aliphatic carbocycles. The number of amides is 1. The lowest BCUT2D eigenvalue weighted by Gasteiger charge is -2.28. The molecular formula is C35H41N2O10P. The van der Waals surface area contributed by atoms with Crippen LogP contribution in [0.25, 0.3) is 0 Å². The normalized spacial score (nSPS) is 16.6. The third-order valence-electron chi connectivity index (χ3n) is 7.57. The van der Waals surface area contributed by atoms with E-state index in [-0.39, 0.29) is 31.6 Å². The molecule has 0 bridgehead atoms. The van der Waals surface area contributed by atoms with Gasteiger partial charge in [-0.1, -0.05) is 78.9 Å². The van der Waals surface area contributed by atoms with Gasteiger partial charge in [0, 0.05) is 20.1 Å². The third-order valence-corrected chi connectivity index (χ3v) is 9.62. The summed E-state index contributed by atoms with van der Waals surface area (Å²) in [6.45, 7) is 0.943. The van der Waals surface area contributed by atoms with Gasteiger partial charge in [-0.15, -0.1) is 0 Å². The molecule has 12 nitrogen and oxygen atoms in total. The van der Waals surface area contributed by atoms with Crippen LogP contribution in [-0.4, -0.2) is 62.2 Å². The van der Waals surface area contributed by atoms with Gasteiger partial charge in [0.1, 0.15) is 12.6 Å². The third kappa shape index (κ3) is 11.4. The monoisotopic (exact) mass is 680 g/mol. The Kier molecular flexibility index (Phi) is 14.3. The summed E-state index contributed by atoms with van der Waals surface area (Å²) >= 11 is 0. The highest BCUT2D eigenvalue weighted by molar-refractivity contribution is 7.54. The highest BCUT2D eigenvalue weighted by Crippen LogP contribution is 2.55. The summed E-state index contributed by atoms with van der Waals surface area (Å²) < 4.78 is 41.8. The van der Waals surface area contributed by atoms with E-state index in [0.717, 1.165) is 19.1 Å². The van der Waals surface area contributed by atoms with Gasteiger partial charge in [0.15, 0.2) is 6.10 Å². The number of alkyl carbamates (subject to hydrolysis) is 1. The second kappa shape index (κ2) is 18.8. The molecule has 4 rings (SSSR count). The van der Waals surface area contributed by atoms with Crippen LogP contribution in [0.15, 0.2) is 91.0 Å². The summed E-state index contributed by atoms with van der Waals surface area (Å²) in [6, 6.07) is 25.6. The predicted molar refractivity (Wildman–Crippen MR) is 176 cm³/mol. The number of benzene rings is 3. The Morgan fingerprint density at radius 2 is 1.54 bits per heavy atom. The fourth-order valence-corrected chi connectivity index (χ4v) is 6.62. The SMILES string of the molecule is COP(=O)(OC(CCCCNC(=O)OCc1ccccc1)C(=O)OC(=O)[C@@H]1CCCN1)C(Cc1ccccc1)OC(=O)c1ccccc1. The Balaban J connectivity index is 1.44. The Hall–Kier alpha value is -4.35. The number of hydrogen-bond acceptors (Lipinski definition) is 11. The fraction of sp³-hybridized carbons (Fsp3) is 0.371. The minimum Gasteiger partial charge on any atom is -0.445 e. The first kappa shape index (κ1) is 36.5. The van der Waals surface area contributed by atoms with Crippen LogP contribution in [-0.2, 0) is 50.4 Å². The van der Waals surface area contributed by atoms with Gasteiger partial charge in [0.25, 0.3) is 0 Å². The lowest BCUT2D eigenvalue weighted by Crippen LogP contribution is -2.38. The van der Waals surface area contributed by atoms with Gasteiger partial charge in [-0.3, -0.25) is 9.09 Å². The van der Waals surface area contributed by atoms with Crippen molar-refractivity contribution in [1.29, 1.82) is 0 Å². The van der Waals surface area contributed by atoms with Gasteiger partial charge in [-0.05, 0) is 61.9 Å². The van der Waals surface area contributed by atoms with Gasteiger partial charge in [-0.2, -0.15) is 0 Å². The van der Waals surface area contributed by atoms with Gasteiger partial charge in [-0.25, -0.2) is 19.2 Å². The molecule has 1 amide bonds. The van der Waals surface area contributed by atoms with E-state index in [1.807, 2.05) is 30.3 Å². The number of ether oxygens (including phenoxy) is 3. The van der Waals surface area contributed by atoms with Crippen LogP contribution in [0.4, 0.5) is 4.79 Å². The summed E-state index contributed by atoms with van der Waals surface area (Å²) in [6.07, 6.45) is -0.260. The standard InChI is InChI=1S/C35H41N2O10P/c1-43-48(42,31(24-26-14-5-2-6-15-26)45-32(38)28-18-9-4-10-19-28)47-30(34(40)46-33(39)29-20-13-23-36-29)21-11-12-22-37-35(41)44-25-27-16-7-3-8-17-27/h2-10,14-19,29-31,36H,11-13,20-25H2,1H3,(H,37,41)/t29-,30?,31?,48?/m0/s1. The van der Waals surface area contributed by atoms with E-state index >= 15 is 0 Å². The number of nitrogens with one attached hydrogen (secondary N) is 2. The topological polar surface area (TPSA) is 156 Å². The van der Waals surface area contributed by atoms with Gasteiger partial charge in [0.05, 0.1) is 5.56 Å². The molecule has 3 aromatic rings. The lowest BCUT2D eigenvalue weighted by molar-refractivity contribution is -0.166. The maximum Gasteiger partial charge on any atom is 0.407 e. The summed E-state index contributed by atoms with van der Waals surface area (Å²) in [5, 5.41) is 5.63. The van der Waals surface area contributed by atoms with Crippen molar-refractivity contribution < 1.29 is 47.0 Å². The molecule has 1 saturated heterocycles. The maximum atomic E-state index is 14.4. The zero-order chi connectivity index (χ0) is 34.2. The molecule has 0 radical (unpaired) electrons. The van der Waals surface area contributed by atoms with Gasteiger partial charge < -0.3 is 29.4 Å². The quantitative estimate of drug-likeness (QED) is 0.0606. The van der Waals surface area contributed by atoms with Crippen molar-refractivity contribution in [2.45, 2.75) is 63.1 Å². The van der Waals surface area contributed by atoms with Gasteiger partial charge in [0.2, 0.25) is 5.85 Å². The first-order valence-corrected chi connectivity index (χ1v) is 17.5. The van der Waals surface area contributed by atoms with Crippen LogP contribution in [0.2, 0.25) is 0 Å². The molecule has 0 aromatic heterocycles. The van der Waals surface area contributed by atoms with Crippen molar-refractivity contribution in [2.24, 2.45) is 0 Å². The van der Waals surface area contributed by atoms with Crippen LogP contribution in [0.3, 0.4) is 0 Å². The first-order valence-electron chi connectivity index (χ1n) is 15.8. The highest BCUT2D eigenvalue weighted by Gasteiger charge is 2.43. The summed E-state index contributed by atoms with van der Waals surface area (Å²) in [7, 11) is -3.26. The molecule has 0 saturated carbocycles. The lowest BCUT2D eigenvalue weighted by atomic mass is 10.1. The van der Waals surface area contributed by atoms with E-state index < -0.39 is 49.6 Å². The predicted octanol–water partition coefficient (Wildman–Crippen LogP) is 5.56. The van der Waals surface area contributed by atoms with E-state index in [2.05, 4.69) is 10.6 Å². The van der Waals surface area contributed by atoms with E-state index in [1.165, 1.54) is 0 Å². The zero-order valence-corrected chi connectivity index (χ0v) is 27.7. The van der Waals surface area contributed by atoms with Crippen molar-refractivity contribution in [1.82, 2.24) is 10.6 Å². The maximum absolute atomic E-state index is 14.4. The van der Waals surface area contributed by atoms with Crippen LogP contribution < -0.4 is 10.6 Å². The molecule has 1 aliphatic heterocycles. The molecule has 3 unspecified atom stereocenters. The Labute approximate surface area is 280 Å². The molecule has 48 heavy (non-hydrogen) atoms.